The van der Waals surface area contributed by atoms with Gasteiger partial charge in [0.2, 0.25) is 5.43 Å². The fourth-order valence-corrected chi connectivity index (χ4v) is 3.41. The molecule has 2 N–H and O–H groups in total. The molecule has 31 heavy (non-hydrogen) atoms. The van der Waals surface area contributed by atoms with Crippen LogP contribution in [0.15, 0.2) is 65.8 Å². The Labute approximate surface area is 177 Å². The van der Waals surface area contributed by atoms with Gasteiger partial charge in [0.25, 0.3) is 5.91 Å². The molecule has 2 heterocycles. The van der Waals surface area contributed by atoms with E-state index in [4.69, 9.17) is 5.73 Å². The predicted octanol–water partition coefficient (Wildman–Crippen LogP) is 2.96. The number of hydrogen-bond donors (Lipinski definition) is 1. The quantitative estimate of drug-likeness (QED) is 0.539. The number of halogens is 1. The number of pyridine rings is 1. The molecule has 0 atom stereocenters. The molecule has 4 aromatic rings. The van der Waals surface area contributed by atoms with Crippen LogP contribution in [0.4, 0.5) is 10.1 Å². The number of carbonyl (C=O) groups is 1. The zero-order chi connectivity index (χ0) is 22.1. The van der Waals surface area contributed by atoms with Crippen LogP contribution >= 0.6 is 0 Å². The van der Waals surface area contributed by atoms with E-state index in [0.29, 0.717) is 29.0 Å². The van der Waals surface area contributed by atoms with E-state index < -0.39 is 11.3 Å². The lowest BCUT2D eigenvalue weighted by molar-refractivity contribution is 0.0999. The molecule has 1 amide bonds. The average molecular weight is 417 g/mol. The van der Waals surface area contributed by atoms with E-state index in [1.54, 1.807) is 41.2 Å². The molecule has 7 nitrogen and oxygen atoms in total. The van der Waals surface area contributed by atoms with Gasteiger partial charge < -0.3 is 15.2 Å². The number of nitrogens with two attached hydrogens (primary N) is 1. The fourth-order valence-electron chi connectivity index (χ4n) is 3.41. The Balaban J connectivity index is 1.83. The number of rotatable bonds is 5. The minimum Gasteiger partial charge on any atom is -0.370 e. The Morgan fingerprint density at radius 1 is 1.13 bits per heavy atom. The third kappa shape index (κ3) is 4.00. The molecule has 0 aliphatic carbocycles. The third-order valence-electron chi connectivity index (χ3n) is 5.05. The molecule has 0 aliphatic heterocycles. The highest BCUT2D eigenvalue weighted by Gasteiger charge is 2.16. The number of nitrogens with zero attached hydrogens (tertiary/aromatic N) is 4. The Morgan fingerprint density at radius 2 is 1.81 bits per heavy atom. The van der Waals surface area contributed by atoms with Gasteiger partial charge in [-0.1, -0.05) is 0 Å². The van der Waals surface area contributed by atoms with Gasteiger partial charge in [0.05, 0.1) is 5.52 Å². The van der Waals surface area contributed by atoms with E-state index in [-0.39, 0.29) is 11.4 Å². The summed E-state index contributed by atoms with van der Waals surface area (Å²) in [6.07, 6.45) is 4.91. The van der Waals surface area contributed by atoms with Gasteiger partial charge in [0.15, 0.2) is 0 Å². The summed E-state index contributed by atoms with van der Waals surface area (Å²) in [7, 11) is 1.89. The Kier molecular flexibility index (Phi) is 5.21. The number of aromatic nitrogens is 3. The van der Waals surface area contributed by atoms with Gasteiger partial charge in [-0.2, -0.15) is 0 Å². The first-order chi connectivity index (χ1) is 14.8. The second-order valence-corrected chi connectivity index (χ2v) is 7.28. The monoisotopic (exact) mass is 417 g/mol. The predicted molar refractivity (Wildman–Crippen MR) is 117 cm³/mol. The highest BCUT2D eigenvalue weighted by atomic mass is 19.1. The minimum absolute atomic E-state index is 0.136. The molecule has 0 fully saturated rings. The first kappa shape index (κ1) is 20.2. The summed E-state index contributed by atoms with van der Waals surface area (Å²) in [5.41, 5.74) is 7.75. The average Bonchev–Trinajstić information content (AvgIpc) is 2.76. The van der Waals surface area contributed by atoms with E-state index in [1.807, 2.05) is 24.9 Å². The largest absolute Gasteiger partial charge is 0.370 e. The number of primary amides is 1. The number of carbonyl (C=O) groups excluding carboxylic acids is 1. The third-order valence-corrected chi connectivity index (χ3v) is 5.05. The Morgan fingerprint density at radius 3 is 2.45 bits per heavy atom. The first-order valence-electron chi connectivity index (χ1n) is 9.57. The molecule has 0 spiro atoms. The van der Waals surface area contributed by atoms with E-state index >= 15 is 0 Å². The van der Waals surface area contributed by atoms with E-state index in [1.165, 1.54) is 18.3 Å². The van der Waals surface area contributed by atoms with Crippen molar-refractivity contribution in [3.05, 3.63) is 94.0 Å². The maximum atomic E-state index is 13.4. The summed E-state index contributed by atoms with van der Waals surface area (Å²) in [6, 6.07) is 11.2. The topological polar surface area (TPSA) is 94.1 Å². The summed E-state index contributed by atoms with van der Waals surface area (Å²) in [5.74, 6) is -0.510. The van der Waals surface area contributed by atoms with E-state index in [9.17, 15) is 14.0 Å². The van der Waals surface area contributed by atoms with Crippen LogP contribution in [0.1, 0.15) is 21.7 Å². The zero-order valence-corrected chi connectivity index (χ0v) is 17.0. The Hall–Kier alpha value is -4.07. The maximum absolute atomic E-state index is 13.4. The van der Waals surface area contributed by atoms with Crippen molar-refractivity contribution in [2.45, 2.75) is 13.5 Å². The molecule has 2 aromatic heterocycles. The van der Waals surface area contributed by atoms with Crippen LogP contribution in [0.25, 0.3) is 16.6 Å². The van der Waals surface area contributed by atoms with Crippen molar-refractivity contribution in [3.63, 3.8) is 0 Å². The van der Waals surface area contributed by atoms with Crippen LogP contribution in [-0.4, -0.2) is 27.5 Å². The standard InChI is InChI=1S/C23H20FN5O2/c1-14-26-10-15(11-27-14)12-28(2)18-7-8-21-19(9-18)22(30)20(23(25)31)13-29(21)17-5-3-16(24)4-6-17/h3-11,13H,12H2,1-2H3,(H2,25,31). The van der Waals surface area contributed by atoms with Crippen molar-refractivity contribution >= 4 is 22.5 Å². The molecule has 2 aromatic carbocycles. The van der Waals surface area contributed by atoms with Gasteiger partial charge in [-0.25, -0.2) is 14.4 Å². The van der Waals surface area contributed by atoms with Crippen LogP contribution in [0, 0.1) is 12.7 Å². The molecule has 0 bridgehead atoms. The Bertz CT molecular complexity index is 1330. The van der Waals surface area contributed by atoms with Gasteiger partial charge in [0, 0.05) is 54.5 Å². The van der Waals surface area contributed by atoms with Gasteiger partial charge in [-0.05, 0) is 49.4 Å². The minimum atomic E-state index is -0.821. The molecular weight excluding hydrogens is 397 g/mol. The number of amides is 1. The van der Waals surface area contributed by atoms with Crippen LogP contribution in [-0.2, 0) is 6.54 Å². The van der Waals surface area contributed by atoms with Crippen molar-refractivity contribution in [1.82, 2.24) is 14.5 Å². The molecule has 4 rings (SSSR count). The molecule has 0 saturated heterocycles. The first-order valence-corrected chi connectivity index (χ1v) is 9.57. The normalized spacial score (nSPS) is 10.9. The lowest BCUT2D eigenvalue weighted by atomic mass is 10.1. The number of hydrogen-bond acceptors (Lipinski definition) is 5. The summed E-state index contributed by atoms with van der Waals surface area (Å²) in [6.45, 7) is 2.35. The summed E-state index contributed by atoms with van der Waals surface area (Å²) >= 11 is 0. The van der Waals surface area contributed by atoms with Crippen LogP contribution in [0.2, 0.25) is 0 Å². The van der Waals surface area contributed by atoms with Crippen molar-refractivity contribution in [2.75, 3.05) is 11.9 Å². The fraction of sp³-hybridized carbons (Fsp3) is 0.130. The van der Waals surface area contributed by atoms with E-state index in [2.05, 4.69) is 9.97 Å². The molecular formula is C23H20FN5O2. The van der Waals surface area contributed by atoms with Crippen molar-refractivity contribution < 1.29 is 9.18 Å². The van der Waals surface area contributed by atoms with Crippen LogP contribution in [0.5, 0.6) is 0 Å². The second kappa shape index (κ2) is 7.98. The van der Waals surface area contributed by atoms with Crippen molar-refractivity contribution in [2.24, 2.45) is 5.73 Å². The number of aryl methyl sites for hydroxylation is 1. The molecule has 0 unspecified atom stereocenters. The molecule has 156 valence electrons. The SMILES string of the molecule is Cc1ncc(CN(C)c2ccc3c(c2)c(=O)c(C(N)=O)cn3-c2ccc(F)cc2)cn1. The smallest absolute Gasteiger partial charge is 0.254 e. The van der Waals surface area contributed by atoms with Crippen LogP contribution < -0.4 is 16.1 Å². The highest BCUT2D eigenvalue weighted by molar-refractivity contribution is 5.97. The highest BCUT2D eigenvalue weighted by Crippen LogP contribution is 2.24. The van der Waals surface area contributed by atoms with Crippen molar-refractivity contribution in [1.29, 1.82) is 0 Å². The molecule has 0 aliphatic rings. The lowest BCUT2D eigenvalue weighted by Crippen LogP contribution is -2.24. The zero-order valence-electron chi connectivity index (χ0n) is 17.0. The van der Waals surface area contributed by atoms with Crippen molar-refractivity contribution in [3.8, 4) is 5.69 Å². The molecule has 0 radical (unpaired) electrons. The van der Waals surface area contributed by atoms with Gasteiger partial charge in [-0.15, -0.1) is 0 Å². The van der Waals surface area contributed by atoms with Gasteiger partial charge >= 0.3 is 0 Å². The number of benzene rings is 2. The second-order valence-electron chi connectivity index (χ2n) is 7.28. The summed E-state index contributed by atoms with van der Waals surface area (Å²) < 4.78 is 15.0. The summed E-state index contributed by atoms with van der Waals surface area (Å²) in [4.78, 5) is 35.2. The van der Waals surface area contributed by atoms with Crippen LogP contribution in [0.3, 0.4) is 0 Å². The maximum Gasteiger partial charge on any atom is 0.254 e. The lowest BCUT2D eigenvalue weighted by Gasteiger charge is -2.20. The van der Waals surface area contributed by atoms with Gasteiger partial charge in [-0.3, -0.25) is 9.59 Å². The molecule has 0 saturated carbocycles. The van der Waals surface area contributed by atoms with E-state index in [0.717, 1.165) is 11.3 Å². The number of anilines is 1. The summed E-state index contributed by atoms with van der Waals surface area (Å²) in [5, 5.41) is 0.338. The number of fused-ring (bicyclic) bond motifs is 1. The van der Waals surface area contributed by atoms with Gasteiger partial charge in [0.1, 0.15) is 17.2 Å². The molecule has 8 heteroatoms.